The molecule has 0 aliphatic carbocycles. The number of rotatable bonds is 4. The van der Waals surface area contributed by atoms with E-state index in [1.54, 1.807) is 0 Å². The van der Waals surface area contributed by atoms with Crippen LogP contribution >= 0.6 is 0 Å². The molecular formula is C29H26N4O. The highest BCUT2D eigenvalue weighted by Crippen LogP contribution is 2.26. The number of hydrogen-bond donors (Lipinski definition) is 0. The molecule has 5 nitrogen and oxygen atoms in total. The standard InChI is InChI=1S/C29H26N4O/c30-20-22-11-13-23(14-12-22)21-32-15-6-16-33(18-17-32)29(34)26-19-28(24-7-2-1-3-8-24)31-27-10-5-4-9-25(26)27/h1-5,7-14,19H,6,15-18,21H2. The second-order valence-electron chi connectivity index (χ2n) is 8.67. The predicted molar refractivity (Wildman–Crippen MR) is 134 cm³/mol. The van der Waals surface area contributed by atoms with Gasteiger partial charge in [0.05, 0.1) is 28.4 Å². The first-order valence-electron chi connectivity index (χ1n) is 11.7. The van der Waals surface area contributed by atoms with E-state index in [1.807, 2.05) is 89.8 Å². The van der Waals surface area contributed by atoms with E-state index in [1.165, 1.54) is 5.56 Å². The van der Waals surface area contributed by atoms with Crippen molar-refractivity contribution in [2.75, 3.05) is 26.2 Å². The molecule has 2 heterocycles. The summed E-state index contributed by atoms with van der Waals surface area (Å²) in [5, 5.41) is 9.90. The molecule has 3 aromatic carbocycles. The number of carbonyl (C=O) groups excluding carboxylic acids is 1. The summed E-state index contributed by atoms with van der Waals surface area (Å²) in [6.45, 7) is 4.01. The number of carbonyl (C=O) groups is 1. The van der Waals surface area contributed by atoms with Gasteiger partial charge in [0.2, 0.25) is 0 Å². The molecule has 0 radical (unpaired) electrons. The lowest BCUT2D eigenvalue weighted by molar-refractivity contribution is 0.0763. The Morgan fingerprint density at radius 2 is 1.65 bits per heavy atom. The average molecular weight is 447 g/mol. The normalized spacial score (nSPS) is 14.5. The smallest absolute Gasteiger partial charge is 0.254 e. The molecule has 5 rings (SSSR count). The van der Waals surface area contributed by atoms with Crippen LogP contribution in [0.15, 0.2) is 84.9 Å². The fourth-order valence-electron chi connectivity index (χ4n) is 4.55. The molecule has 1 amide bonds. The molecule has 1 saturated heterocycles. The van der Waals surface area contributed by atoms with E-state index in [4.69, 9.17) is 10.2 Å². The fourth-order valence-corrected chi connectivity index (χ4v) is 4.55. The second-order valence-corrected chi connectivity index (χ2v) is 8.67. The van der Waals surface area contributed by atoms with Crippen molar-refractivity contribution < 1.29 is 4.79 Å². The number of hydrogen-bond acceptors (Lipinski definition) is 4. The lowest BCUT2D eigenvalue weighted by Crippen LogP contribution is -2.35. The highest BCUT2D eigenvalue weighted by molar-refractivity contribution is 6.07. The Morgan fingerprint density at radius 3 is 2.44 bits per heavy atom. The van der Waals surface area contributed by atoms with Crippen LogP contribution in [0.4, 0.5) is 0 Å². The maximum Gasteiger partial charge on any atom is 0.254 e. The number of fused-ring (bicyclic) bond motifs is 1. The summed E-state index contributed by atoms with van der Waals surface area (Å²) in [4.78, 5) is 22.9. The topological polar surface area (TPSA) is 60.2 Å². The molecule has 34 heavy (non-hydrogen) atoms. The van der Waals surface area contributed by atoms with Crippen LogP contribution in [0.1, 0.15) is 27.9 Å². The summed E-state index contributed by atoms with van der Waals surface area (Å²) in [5.41, 5.74) is 5.24. The largest absolute Gasteiger partial charge is 0.337 e. The number of para-hydroxylation sites is 1. The van der Waals surface area contributed by atoms with Gasteiger partial charge in [-0.15, -0.1) is 0 Å². The zero-order valence-electron chi connectivity index (χ0n) is 19.0. The van der Waals surface area contributed by atoms with E-state index in [-0.39, 0.29) is 5.91 Å². The zero-order valence-corrected chi connectivity index (χ0v) is 19.0. The molecule has 1 aromatic heterocycles. The number of nitriles is 1. The molecule has 4 aromatic rings. The van der Waals surface area contributed by atoms with Gasteiger partial charge in [0.25, 0.3) is 5.91 Å². The van der Waals surface area contributed by atoms with Gasteiger partial charge in [-0.25, -0.2) is 4.98 Å². The zero-order chi connectivity index (χ0) is 23.3. The molecule has 1 aliphatic rings. The third-order valence-corrected chi connectivity index (χ3v) is 6.38. The maximum atomic E-state index is 13.7. The second kappa shape index (κ2) is 9.86. The van der Waals surface area contributed by atoms with Crippen molar-refractivity contribution in [2.24, 2.45) is 0 Å². The molecule has 0 spiro atoms. The van der Waals surface area contributed by atoms with Crippen molar-refractivity contribution >= 4 is 16.8 Å². The summed E-state index contributed by atoms with van der Waals surface area (Å²) < 4.78 is 0. The molecule has 0 atom stereocenters. The van der Waals surface area contributed by atoms with E-state index >= 15 is 0 Å². The van der Waals surface area contributed by atoms with Crippen molar-refractivity contribution in [1.29, 1.82) is 5.26 Å². The van der Waals surface area contributed by atoms with E-state index in [0.717, 1.165) is 54.8 Å². The van der Waals surface area contributed by atoms with Crippen LogP contribution in [-0.2, 0) is 6.54 Å². The van der Waals surface area contributed by atoms with Crippen molar-refractivity contribution in [1.82, 2.24) is 14.8 Å². The van der Waals surface area contributed by atoms with E-state index < -0.39 is 0 Å². The minimum Gasteiger partial charge on any atom is -0.337 e. The molecule has 0 N–H and O–H groups in total. The molecule has 168 valence electrons. The van der Waals surface area contributed by atoms with Gasteiger partial charge in [-0.1, -0.05) is 60.7 Å². The Hall–Kier alpha value is -4.01. The van der Waals surface area contributed by atoms with Gasteiger partial charge in [0, 0.05) is 43.7 Å². The molecule has 1 aliphatic heterocycles. The SMILES string of the molecule is N#Cc1ccc(CN2CCCN(C(=O)c3cc(-c4ccccc4)nc4ccccc34)CC2)cc1. The van der Waals surface area contributed by atoms with E-state index in [2.05, 4.69) is 11.0 Å². The number of pyridine rings is 1. The number of aromatic nitrogens is 1. The fraction of sp³-hybridized carbons (Fsp3) is 0.207. The highest BCUT2D eigenvalue weighted by atomic mass is 16.2. The minimum atomic E-state index is 0.0657. The van der Waals surface area contributed by atoms with Gasteiger partial charge in [-0.2, -0.15) is 5.26 Å². The lowest BCUT2D eigenvalue weighted by Gasteiger charge is -2.23. The average Bonchev–Trinajstić information content (AvgIpc) is 3.14. The van der Waals surface area contributed by atoms with Crippen molar-refractivity contribution in [2.45, 2.75) is 13.0 Å². The summed E-state index contributed by atoms with van der Waals surface area (Å²) in [5.74, 6) is 0.0657. The molecular weight excluding hydrogens is 420 g/mol. The third kappa shape index (κ3) is 4.68. The van der Waals surface area contributed by atoms with Gasteiger partial charge < -0.3 is 4.90 Å². The minimum absolute atomic E-state index is 0.0657. The first kappa shape index (κ1) is 21.8. The third-order valence-electron chi connectivity index (χ3n) is 6.38. The van der Waals surface area contributed by atoms with Gasteiger partial charge in [0.1, 0.15) is 0 Å². The number of amides is 1. The molecule has 0 bridgehead atoms. The van der Waals surface area contributed by atoms with Crippen LogP contribution in [0.25, 0.3) is 22.2 Å². The number of nitrogens with zero attached hydrogens (tertiary/aromatic N) is 4. The van der Waals surface area contributed by atoms with Crippen LogP contribution in [0, 0.1) is 11.3 Å². The molecule has 0 saturated carbocycles. The molecule has 1 fully saturated rings. The Kier molecular flexibility index (Phi) is 6.33. The summed E-state index contributed by atoms with van der Waals surface area (Å²) in [7, 11) is 0. The summed E-state index contributed by atoms with van der Waals surface area (Å²) >= 11 is 0. The van der Waals surface area contributed by atoms with E-state index in [9.17, 15) is 4.79 Å². The van der Waals surface area contributed by atoms with Gasteiger partial charge in [0.15, 0.2) is 0 Å². The van der Waals surface area contributed by atoms with Crippen LogP contribution in [0.3, 0.4) is 0 Å². The summed E-state index contributed by atoms with van der Waals surface area (Å²) in [6, 6.07) is 29.8. The first-order chi connectivity index (χ1) is 16.7. The first-order valence-corrected chi connectivity index (χ1v) is 11.7. The van der Waals surface area contributed by atoms with E-state index in [0.29, 0.717) is 17.7 Å². The Labute approximate surface area is 199 Å². The molecule has 0 unspecified atom stereocenters. The maximum absolute atomic E-state index is 13.7. The number of benzene rings is 3. The lowest BCUT2D eigenvalue weighted by atomic mass is 10.0. The Bertz CT molecular complexity index is 1340. The van der Waals surface area contributed by atoms with Crippen molar-refractivity contribution in [3.05, 3.63) is 102 Å². The van der Waals surface area contributed by atoms with Crippen molar-refractivity contribution in [3.63, 3.8) is 0 Å². The van der Waals surface area contributed by atoms with Crippen molar-refractivity contribution in [3.8, 4) is 17.3 Å². The highest BCUT2D eigenvalue weighted by Gasteiger charge is 2.23. The van der Waals surface area contributed by atoms with Crippen LogP contribution in [0.5, 0.6) is 0 Å². The predicted octanol–water partition coefficient (Wildman–Crippen LogP) is 5.12. The van der Waals surface area contributed by atoms with Crippen LogP contribution < -0.4 is 0 Å². The van der Waals surface area contributed by atoms with Crippen LogP contribution in [-0.4, -0.2) is 46.9 Å². The van der Waals surface area contributed by atoms with Gasteiger partial charge in [-0.05, 0) is 36.2 Å². The Morgan fingerprint density at radius 1 is 0.882 bits per heavy atom. The van der Waals surface area contributed by atoms with Gasteiger partial charge in [-0.3, -0.25) is 9.69 Å². The van der Waals surface area contributed by atoms with Gasteiger partial charge >= 0.3 is 0 Å². The quantitative estimate of drug-likeness (QED) is 0.436. The summed E-state index contributed by atoms with van der Waals surface area (Å²) in [6.07, 6.45) is 0.927. The monoisotopic (exact) mass is 446 g/mol. The van der Waals surface area contributed by atoms with Crippen LogP contribution in [0.2, 0.25) is 0 Å². The molecule has 5 heteroatoms. The Balaban J connectivity index is 1.37.